The lowest BCUT2D eigenvalue weighted by atomic mass is 9.86. The van der Waals surface area contributed by atoms with Gasteiger partial charge in [0.2, 0.25) is 0 Å². The summed E-state index contributed by atoms with van der Waals surface area (Å²) in [5, 5.41) is 20.6. The first-order valence-corrected chi connectivity index (χ1v) is 12.0. The summed E-state index contributed by atoms with van der Waals surface area (Å²) >= 11 is 6.05. The number of halogens is 2. The predicted molar refractivity (Wildman–Crippen MR) is 135 cm³/mol. The van der Waals surface area contributed by atoms with Gasteiger partial charge in [0.05, 0.1) is 11.7 Å². The van der Waals surface area contributed by atoms with Crippen LogP contribution in [0.4, 0.5) is 4.39 Å². The number of ether oxygens (including phenoxy) is 2. The largest absolute Gasteiger partial charge is 0.508 e. The van der Waals surface area contributed by atoms with Crippen molar-refractivity contribution in [1.82, 2.24) is 4.90 Å². The Morgan fingerprint density at radius 3 is 2.54 bits per heavy atom. The number of allylic oxidation sites excluding steroid dienone is 1. The standard InChI is InChI=1S/C28H27ClFNO4/c1-17-23-13-21(32)5-9-26(23)35-28(27(17)20-4-8-24(29)25(33)12-20)19-2-6-22(7-3-19)34-11-10-31-15-18(14-30)16-31/h2-9,12-13,18,28,32-33H,10-11,14-16H2,1H3/t28-/m1/s1. The number of nitrogens with zero attached hydrogens (tertiary/aromatic N) is 1. The average molecular weight is 496 g/mol. The van der Waals surface area contributed by atoms with E-state index in [1.165, 1.54) is 0 Å². The molecule has 3 aromatic carbocycles. The molecule has 0 aromatic heterocycles. The molecule has 182 valence electrons. The van der Waals surface area contributed by atoms with Gasteiger partial charge in [-0.3, -0.25) is 9.29 Å². The number of phenolic OH excluding ortho intramolecular Hbond substituents is 2. The maximum atomic E-state index is 12.6. The highest BCUT2D eigenvalue weighted by molar-refractivity contribution is 6.32. The summed E-state index contributed by atoms with van der Waals surface area (Å²) in [6, 6.07) is 18.0. The Balaban J connectivity index is 1.40. The normalized spacial score (nSPS) is 18.1. The molecule has 5 rings (SSSR count). The molecule has 35 heavy (non-hydrogen) atoms. The fraction of sp³-hybridized carbons (Fsp3) is 0.286. The summed E-state index contributed by atoms with van der Waals surface area (Å²) in [6.45, 7) is 4.65. The molecular weight excluding hydrogens is 469 g/mol. The third-order valence-electron chi connectivity index (χ3n) is 6.65. The molecule has 0 unspecified atom stereocenters. The second kappa shape index (κ2) is 9.80. The number of phenols is 2. The van der Waals surface area contributed by atoms with E-state index in [4.69, 9.17) is 21.1 Å². The van der Waals surface area contributed by atoms with Crippen molar-refractivity contribution in [2.75, 3.05) is 32.9 Å². The van der Waals surface area contributed by atoms with Gasteiger partial charge in [0.15, 0.2) is 0 Å². The van der Waals surface area contributed by atoms with Crippen LogP contribution < -0.4 is 9.47 Å². The van der Waals surface area contributed by atoms with E-state index in [9.17, 15) is 14.6 Å². The first-order chi connectivity index (χ1) is 16.9. The highest BCUT2D eigenvalue weighted by atomic mass is 35.5. The molecule has 2 aliphatic heterocycles. The maximum absolute atomic E-state index is 12.6. The molecule has 0 saturated carbocycles. The maximum Gasteiger partial charge on any atom is 0.150 e. The molecule has 0 spiro atoms. The summed E-state index contributed by atoms with van der Waals surface area (Å²) in [5.41, 5.74) is 4.32. The molecule has 2 aliphatic rings. The van der Waals surface area contributed by atoms with Crippen molar-refractivity contribution in [1.29, 1.82) is 0 Å². The molecule has 7 heteroatoms. The first kappa shape index (κ1) is 23.5. The van der Waals surface area contributed by atoms with Crippen LogP contribution in [0.15, 0.2) is 60.7 Å². The van der Waals surface area contributed by atoms with Gasteiger partial charge in [-0.1, -0.05) is 29.8 Å². The predicted octanol–water partition coefficient (Wildman–Crippen LogP) is 6.10. The topological polar surface area (TPSA) is 62.2 Å². The summed E-state index contributed by atoms with van der Waals surface area (Å²) in [5.74, 6) is 1.75. The van der Waals surface area contributed by atoms with Crippen molar-refractivity contribution in [2.24, 2.45) is 5.92 Å². The number of benzene rings is 3. The van der Waals surface area contributed by atoms with Crippen LogP contribution in [-0.2, 0) is 0 Å². The molecule has 0 amide bonds. The Bertz CT molecular complexity index is 1250. The van der Waals surface area contributed by atoms with Crippen LogP contribution in [-0.4, -0.2) is 48.0 Å². The van der Waals surface area contributed by atoms with Crippen LogP contribution in [0.25, 0.3) is 11.1 Å². The Hall–Kier alpha value is -3.22. The highest BCUT2D eigenvalue weighted by Gasteiger charge is 2.30. The average Bonchev–Trinajstić information content (AvgIpc) is 2.83. The molecule has 0 aliphatic carbocycles. The molecule has 0 radical (unpaired) electrons. The van der Waals surface area contributed by atoms with Crippen LogP contribution in [0.5, 0.6) is 23.0 Å². The number of fused-ring (bicyclic) bond motifs is 1. The van der Waals surface area contributed by atoms with E-state index >= 15 is 0 Å². The molecule has 2 N–H and O–H groups in total. The zero-order valence-electron chi connectivity index (χ0n) is 19.4. The lowest BCUT2D eigenvalue weighted by Gasteiger charge is -2.37. The Morgan fingerprint density at radius 1 is 1.06 bits per heavy atom. The quantitative estimate of drug-likeness (QED) is 0.415. The van der Waals surface area contributed by atoms with Crippen molar-refractivity contribution in [3.63, 3.8) is 0 Å². The van der Waals surface area contributed by atoms with Gasteiger partial charge in [-0.25, -0.2) is 0 Å². The number of hydrogen-bond acceptors (Lipinski definition) is 5. The van der Waals surface area contributed by atoms with Crippen molar-refractivity contribution >= 4 is 22.7 Å². The summed E-state index contributed by atoms with van der Waals surface area (Å²) in [4.78, 5) is 2.19. The van der Waals surface area contributed by atoms with Crippen LogP contribution >= 0.6 is 11.6 Å². The van der Waals surface area contributed by atoms with Gasteiger partial charge in [-0.15, -0.1) is 0 Å². The summed E-state index contributed by atoms with van der Waals surface area (Å²) < 4.78 is 24.9. The van der Waals surface area contributed by atoms with E-state index in [1.807, 2.05) is 37.3 Å². The van der Waals surface area contributed by atoms with Gasteiger partial charge >= 0.3 is 0 Å². The lowest BCUT2D eigenvalue weighted by Crippen LogP contribution is -2.49. The monoisotopic (exact) mass is 495 g/mol. The zero-order chi connectivity index (χ0) is 24.5. The molecule has 1 fully saturated rings. The van der Waals surface area contributed by atoms with Crippen molar-refractivity contribution in [3.05, 3.63) is 82.4 Å². The van der Waals surface area contributed by atoms with Gasteiger partial charge < -0.3 is 19.7 Å². The highest BCUT2D eigenvalue weighted by Crippen LogP contribution is 2.48. The molecular formula is C28H27ClFNO4. The fourth-order valence-corrected chi connectivity index (χ4v) is 4.83. The Kier molecular flexibility index (Phi) is 6.58. The van der Waals surface area contributed by atoms with Crippen molar-refractivity contribution < 1.29 is 24.1 Å². The first-order valence-electron chi connectivity index (χ1n) is 11.6. The summed E-state index contributed by atoms with van der Waals surface area (Å²) in [7, 11) is 0. The third-order valence-corrected chi connectivity index (χ3v) is 6.97. The van der Waals surface area contributed by atoms with Crippen molar-refractivity contribution in [3.8, 4) is 23.0 Å². The van der Waals surface area contributed by atoms with Crippen LogP contribution in [0.3, 0.4) is 0 Å². The van der Waals surface area contributed by atoms with E-state index in [1.54, 1.807) is 30.3 Å². The van der Waals surface area contributed by atoms with E-state index in [0.717, 1.165) is 53.2 Å². The number of aromatic hydroxyl groups is 2. The van der Waals surface area contributed by atoms with E-state index < -0.39 is 6.10 Å². The van der Waals surface area contributed by atoms with E-state index in [-0.39, 0.29) is 29.1 Å². The minimum Gasteiger partial charge on any atom is -0.508 e. The van der Waals surface area contributed by atoms with Crippen LogP contribution in [0, 0.1) is 5.92 Å². The van der Waals surface area contributed by atoms with Gasteiger partial charge in [0, 0.05) is 36.7 Å². The molecule has 0 bridgehead atoms. The second-order valence-corrected chi connectivity index (χ2v) is 9.49. The Morgan fingerprint density at radius 2 is 1.83 bits per heavy atom. The molecule has 1 saturated heterocycles. The zero-order valence-corrected chi connectivity index (χ0v) is 20.1. The van der Waals surface area contributed by atoms with E-state index in [2.05, 4.69) is 4.90 Å². The number of alkyl halides is 1. The van der Waals surface area contributed by atoms with Gasteiger partial charge in [0.25, 0.3) is 0 Å². The smallest absolute Gasteiger partial charge is 0.150 e. The van der Waals surface area contributed by atoms with E-state index in [0.29, 0.717) is 12.4 Å². The molecule has 5 nitrogen and oxygen atoms in total. The van der Waals surface area contributed by atoms with Crippen molar-refractivity contribution in [2.45, 2.75) is 13.0 Å². The SMILES string of the molecule is CC1=C(c2ccc(Cl)c(O)c2)[C@@H](c2ccc(OCCN3CC(CF)C3)cc2)Oc2ccc(O)cc21. The Labute approximate surface area is 209 Å². The minimum atomic E-state index is -0.430. The minimum absolute atomic E-state index is 0.00583. The molecule has 1 atom stereocenters. The van der Waals surface area contributed by atoms with Crippen LogP contribution in [0.2, 0.25) is 5.02 Å². The van der Waals surface area contributed by atoms with Crippen LogP contribution in [0.1, 0.15) is 29.7 Å². The van der Waals surface area contributed by atoms with Gasteiger partial charge in [0.1, 0.15) is 35.7 Å². The molecule has 2 heterocycles. The third kappa shape index (κ3) is 4.81. The molecule has 3 aromatic rings. The lowest BCUT2D eigenvalue weighted by molar-refractivity contribution is 0.0668. The summed E-state index contributed by atoms with van der Waals surface area (Å²) in [6.07, 6.45) is -0.430. The number of likely N-dealkylation sites (tertiary alicyclic amines) is 1. The number of hydrogen-bond donors (Lipinski definition) is 2. The van der Waals surface area contributed by atoms with Gasteiger partial charge in [-0.2, -0.15) is 0 Å². The fourth-order valence-electron chi connectivity index (χ4n) is 4.71. The van der Waals surface area contributed by atoms with Gasteiger partial charge in [-0.05, 0) is 66.1 Å². The second-order valence-electron chi connectivity index (χ2n) is 9.08. The number of rotatable bonds is 7.